The molecule has 1 rings (SSSR count). The van der Waals surface area contributed by atoms with Crippen molar-refractivity contribution in [3.63, 3.8) is 0 Å². The van der Waals surface area contributed by atoms with Gasteiger partial charge in [0.1, 0.15) is 5.75 Å². The number of aliphatic hydroxyl groups is 1. The summed E-state index contributed by atoms with van der Waals surface area (Å²) in [5.74, 6) is 0.875. The van der Waals surface area contributed by atoms with E-state index in [0.717, 1.165) is 23.1 Å². The highest BCUT2D eigenvalue weighted by Crippen LogP contribution is 2.26. The molecule has 0 heterocycles. The number of ether oxygens (including phenoxy) is 1. The van der Waals surface area contributed by atoms with Crippen LogP contribution in [-0.4, -0.2) is 18.3 Å². The van der Waals surface area contributed by atoms with Crippen LogP contribution in [0.3, 0.4) is 0 Å². The summed E-state index contributed by atoms with van der Waals surface area (Å²) in [6.07, 6.45) is 1.71. The summed E-state index contributed by atoms with van der Waals surface area (Å²) in [6, 6.07) is 6.03. The predicted molar refractivity (Wildman–Crippen MR) is 60.7 cm³/mol. The molecule has 0 atom stereocenters. The van der Waals surface area contributed by atoms with Crippen LogP contribution in [-0.2, 0) is 6.42 Å². The largest absolute Gasteiger partial charge is 0.493 e. The van der Waals surface area contributed by atoms with Gasteiger partial charge in [-0.05, 0) is 53.4 Å². The second kappa shape index (κ2) is 6.04. The van der Waals surface area contributed by atoms with E-state index in [4.69, 9.17) is 9.84 Å². The van der Waals surface area contributed by atoms with E-state index in [2.05, 4.69) is 15.9 Å². The van der Waals surface area contributed by atoms with Gasteiger partial charge in [0.15, 0.2) is 0 Å². The fourth-order valence-electron chi connectivity index (χ4n) is 1.26. The first kappa shape index (κ1) is 11.5. The fraction of sp³-hybridized carbons (Fsp3) is 0.455. The van der Waals surface area contributed by atoms with Gasteiger partial charge < -0.3 is 9.84 Å². The molecule has 78 valence electrons. The first-order valence-corrected chi connectivity index (χ1v) is 5.59. The highest BCUT2D eigenvalue weighted by Gasteiger charge is 2.01. The van der Waals surface area contributed by atoms with Gasteiger partial charge in [0.2, 0.25) is 0 Å². The third-order valence-corrected chi connectivity index (χ3v) is 2.54. The Labute approximate surface area is 93.0 Å². The standard InChI is InChI=1S/C11H15BrO2/c1-2-14-11-6-5-9(4-3-7-13)8-10(11)12/h5-6,8,13H,2-4,7H2,1H3. The second-order valence-electron chi connectivity index (χ2n) is 3.02. The highest BCUT2D eigenvalue weighted by atomic mass is 79.9. The first-order chi connectivity index (χ1) is 6.77. The van der Waals surface area contributed by atoms with Crippen LogP contribution in [0.2, 0.25) is 0 Å². The lowest BCUT2D eigenvalue weighted by Gasteiger charge is -2.07. The molecule has 0 fully saturated rings. The topological polar surface area (TPSA) is 29.5 Å². The van der Waals surface area contributed by atoms with E-state index in [9.17, 15) is 0 Å². The lowest BCUT2D eigenvalue weighted by atomic mass is 10.1. The molecule has 0 aliphatic carbocycles. The molecule has 1 N–H and O–H groups in total. The Balaban J connectivity index is 2.68. The van der Waals surface area contributed by atoms with Crippen LogP contribution in [0.4, 0.5) is 0 Å². The lowest BCUT2D eigenvalue weighted by Crippen LogP contribution is -1.94. The summed E-state index contributed by atoms with van der Waals surface area (Å²) in [5, 5.41) is 8.70. The number of aliphatic hydroxyl groups excluding tert-OH is 1. The molecular weight excluding hydrogens is 244 g/mol. The van der Waals surface area contributed by atoms with Crippen molar-refractivity contribution in [3.8, 4) is 5.75 Å². The predicted octanol–water partition coefficient (Wildman–Crippen LogP) is 2.77. The van der Waals surface area contributed by atoms with Gasteiger partial charge in [0.05, 0.1) is 11.1 Å². The van der Waals surface area contributed by atoms with Crippen LogP contribution in [0.15, 0.2) is 22.7 Å². The average molecular weight is 259 g/mol. The van der Waals surface area contributed by atoms with E-state index >= 15 is 0 Å². The number of aryl methyl sites for hydroxylation is 1. The SMILES string of the molecule is CCOc1ccc(CCCO)cc1Br. The molecule has 2 nitrogen and oxygen atoms in total. The summed E-state index contributed by atoms with van der Waals surface area (Å²) in [7, 11) is 0. The van der Waals surface area contributed by atoms with Crippen LogP contribution in [0.25, 0.3) is 0 Å². The van der Waals surface area contributed by atoms with Gasteiger partial charge in [-0.25, -0.2) is 0 Å². The van der Waals surface area contributed by atoms with Gasteiger partial charge in [-0.15, -0.1) is 0 Å². The van der Waals surface area contributed by atoms with Crippen molar-refractivity contribution in [2.24, 2.45) is 0 Å². The molecule has 1 aromatic rings. The molecule has 3 heteroatoms. The summed E-state index contributed by atoms with van der Waals surface area (Å²) in [6.45, 7) is 2.88. The molecule has 0 saturated carbocycles. The monoisotopic (exact) mass is 258 g/mol. The van der Waals surface area contributed by atoms with Crippen molar-refractivity contribution in [1.82, 2.24) is 0 Å². The van der Waals surface area contributed by atoms with E-state index in [1.54, 1.807) is 0 Å². The van der Waals surface area contributed by atoms with Crippen molar-refractivity contribution in [2.45, 2.75) is 19.8 Å². The zero-order chi connectivity index (χ0) is 10.4. The molecule has 0 saturated heterocycles. The van der Waals surface area contributed by atoms with Crippen LogP contribution < -0.4 is 4.74 Å². The van der Waals surface area contributed by atoms with Crippen molar-refractivity contribution >= 4 is 15.9 Å². The molecule has 0 unspecified atom stereocenters. The zero-order valence-corrected chi connectivity index (χ0v) is 9.88. The van der Waals surface area contributed by atoms with Gasteiger partial charge in [-0.1, -0.05) is 6.07 Å². The normalized spacial score (nSPS) is 10.2. The molecule has 0 spiro atoms. The Bertz CT molecular complexity index is 287. The Morgan fingerprint density at radius 3 is 2.79 bits per heavy atom. The van der Waals surface area contributed by atoms with E-state index < -0.39 is 0 Å². The van der Waals surface area contributed by atoms with Crippen LogP contribution >= 0.6 is 15.9 Å². The van der Waals surface area contributed by atoms with E-state index in [1.165, 1.54) is 5.56 Å². The molecule has 0 amide bonds. The highest BCUT2D eigenvalue weighted by molar-refractivity contribution is 9.10. The molecule has 0 aromatic heterocycles. The van der Waals surface area contributed by atoms with Crippen molar-refractivity contribution < 1.29 is 9.84 Å². The third kappa shape index (κ3) is 3.31. The maximum absolute atomic E-state index is 8.70. The summed E-state index contributed by atoms with van der Waals surface area (Å²) in [5.41, 5.74) is 1.22. The van der Waals surface area contributed by atoms with Crippen LogP contribution in [0, 0.1) is 0 Å². The van der Waals surface area contributed by atoms with E-state index in [0.29, 0.717) is 6.61 Å². The molecule has 0 radical (unpaired) electrons. The molecule has 0 aliphatic heterocycles. The van der Waals surface area contributed by atoms with Crippen molar-refractivity contribution in [2.75, 3.05) is 13.2 Å². The fourth-order valence-corrected chi connectivity index (χ4v) is 1.80. The Kier molecular flexibility index (Phi) is 4.98. The molecule has 1 aromatic carbocycles. The number of rotatable bonds is 5. The molecule has 0 aliphatic rings. The second-order valence-corrected chi connectivity index (χ2v) is 3.88. The molecular formula is C11H15BrO2. The van der Waals surface area contributed by atoms with Crippen LogP contribution in [0.5, 0.6) is 5.75 Å². The number of hydrogen-bond acceptors (Lipinski definition) is 2. The van der Waals surface area contributed by atoms with Gasteiger partial charge in [0.25, 0.3) is 0 Å². The smallest absolute Gasteiger partial charge is 0.133 e. The van der Waals surface area contributed by atoms with Crippen molar-refractivity contribution in [3.05, 3.63) is 28.2 Å². The van der Waals surface area contributed by atoms with Crippen molar-refractivity contribution in [1.29, 1.82) is 0 Å². The summed E-state index contributed by atoms with van der Waals surface area (Å²) < 4.78 is 6.38. The third-order valence-electron chi connectivity index (χ3n) is 1.92. The average Bonchev–Trinajstić information content (AvgIpc) is 2.19. The van der Waals surface area contributed by atoms with Gasteiger partial charge in [0, 0.05) is 6.61 Å². The van der Waals surface area contributed by atoms with Gasteiger partial charge in [-0.2, -0.15) is 0 Å². The minimum Gasteiger partial charge on any atom is -0.493 e. The van der Waals surface area contributed by atoms with Gasteiger partial charge in [-0.3, -0.25) is 0 Å². The first-order valence-electron chi connectivity index (χ1n) is 4.80. The number of halogens is 1. The number of hydrogen-bond donors (Lipinski definition) is 1. The Hall–Kier alpha value is -0.540. The molecule has 14 heavy (non-hydrogen) atoms. The quantitative estimate of drug-likeness (QED) is 0.881. The minimum atomic E-state index is 0.241. The Morgan fingerprint density at radius 1 is 1.43 bits per heavy atom. The lowest BCUT2D eigenvalue weighted by molar-refractivity contribution is 0.288. The molecule has 0 bridgehead atoms. The maximum atomic E-state index is 8.70. The van der Waals surface area contributed by atoms with E-state index in [1.807, 2.05) is 25.1 Å². The summed E-state index contributed by atoms with van der Waals surface area (Å²) in [4.78, 5) is 0. The zero-order valence-electron chi connectivity index (χ0n) is 8.29. The maximum Gasteiger partial charge on any atom is 0.133 e. The summed E-state index contributed by atoms with van der Waals surface area (Å²) >= 11 is 3.45. The van der Waals surface area contributed by atoms with Gasteiger partial charge >= 0.3 is 0 Å². The van der Waals surface area contributed by atoms with E-state index in [-0.39, 0.29) is 6.61 Å². The number of benzene rings is 1. The minimum absolute atomic E-state index is 0.241. The Morgan fingerprint density at radius 2 is 2.21 bits per heavy atom. The van der Waals surface area contributed by atoms with Crippen LogP contribution in [0.1, 0.15) is 18.9 Å².